The predicted octanol–water partition coefficient (Wildman–Crippen LogP) is 3.93. The minimum atomic E-state index is 0.184. The molecular formula is C19H25ClN4O2S. The van der Waals surface area contributed by atoms with Crippen molar-refractivity contribution >= 4 is 29.3 Å². The number of nitrogens with zero attached hydrogens (tertiary/aromatic N) is 4. The van der Waals surface area contributed by atoms with Crippen molar-refractivity contribution in [3.05, 3.63) is 35.1 Å². The molecule has 1 saturated heterocycles. The Morgan fingerprint density at radius 3 is 2.48 bits per heavy atom. The van der Waals surface area contributed by atoms with E-state index in [2.05, 4.69) is 10.2 Å². The van der Waals surface area contributed by atoms with Gasteiger partial charge in [0.1, 0.15) is 12.4 Å². The molecule has 146 valence electrons. The molecule has 0 aliphatic carbocycles. The zero-order chi connectivity index (χ0) is 19.1. The molecule has 8 heteroatoms. The number of carbonyl (C=O) groups excluding carboxylic acids is 1. The van der Waals surface area contributed by atoms with E-state index in [-0.39, 0.29) is 5.91 Å². The van der Waals surface area contributed by atoms with E-state index < -0.39 is 0 Å². The summed E-state index contributed by atoms with van der Waals surface area (Å²) in [6.07, 6.45) is 5.93. The number of rotatable bonds is 6. The van der Waals surface area contributed by atoms with Crippen LogP contribution in [-0.4, -0.2) is 44.4 Å². The number of thioether (sulfide) groups is 1. The van der Waals surface area contributed by atoms with Crippen LogP contribution >= 0.6 is 23.4 Å². The lowest BCUT2D eigenvalue weighted by Gasteiger charge is -2.24. The van der Waals surface area contributed by atoms with Gasteiger partial charge in [0.25, 0.3) is 0 Å². The molecule has 0 atom stereocenters. The lowest BCUT2D eigenvalue weighted by molar-refractivity contribution is -0.128. The van der Waals surface area contributed by atoms with Crippen molar-refractivity contribution in [1.82, 2.24) is 19.7 Å². The molecule has 27 heavy (non-hydrogen) atoms. The number of likely N-dealkylation sites (tertiary alicyclic amines) is 1. The molecule has 0 unspecified atom stereocenters. The van der Waals surface area contributed by atoms with Gasteiger partial charge in [-0.2, -0.15) is 0 Å². The first-order chi connectivity index (χ1) is 13.1. The van der Waals surface area contributed by atoms with Gasteiger partial charge < -0.3 is 14.2 Å². The van der Waals surface area contributed by atoms with Gasteiger partial charge >= 0.3 is 0 Å². The maximum atomic E-state index is 12.5. The number of ether oxygens (including phenoxy) is 1. The summed E-state index contributed by atoms with van der Waals surface area (Å²) in [7, 11) is 1.89. The third-order valence-electron chi connectivity index (χ3n) is 4.64. The van der Waals surface area contributed by atoms with Crippen LogP contribution < -0.4 is 4.74 Å². The fourth-order valence-electron chi connectivity index (χ4n) is 2.99. The molecule has 1 aliphatic heterocycles. The highest BCUT2D eigenvalue weighted by Gasteiger charge is 2.17. The van der Waals surface area contributed by atoms with Crippen molar-refractivity contribution < 1.29 is 9.53 Å². The van der Waals surface area contributed by atoms with E-state index in [1.54, 1.807) is 12.1 Å². The highest BCUT2D eigenvalue weighted by atomic mass is 35.5. The van der Waals surface area contributed by atoms with Crippen molar-refractivity contribution in [2.75, 3.05) is 18.8 Å². The van der Waals surface area contributed by atoms with Crippen LogP contribution in [0.3, 0.4) is 0 Å². The zero-order valence-electron chi connectivity index (χ0n) is 15.6. The minimum absolute atomic E-state index is 0.184. The van der Waals surface area contributed by atoms with E-state index in [0.29, 0.717) is 23.2 Å². The Morgan fingerprint density at radius 2 is 1.78 bits per heavy atom. The van der Waals surface area contributed by atoms with Crippen molar-refractivity contribution in [3.8, 4) is 5.75 Å². The lowest BCUT2D eigenvalue weighted by Crippen LogP contribution is -2.35. The summed E-state index contributed by atoms with van der Waals surface area (Å²) in [5.41, 5.74) is 0. The van der Waals surface area contributed by atoms with Crippen LogP contribution in [0.4, 0.5) is 0 Å². The molecule has 0 saturated carbocycles. The molecule has 0 bridgehead atoms. The topological polar surface area (TPSA) is 60.2 Å². The maximum absolute atomic E-state index is 12.5. The summed E-state index contributed by atoms with van der Waals surface area (Å²) in [4.78, 5) is 14.5. The van der Waals surface area contributed by atoms with Crippen LogP contribution in [0.15, 0.2) is 29.4 Å². The molecule has 0 N–H and O–H groups in total. The van der Waals surface area contributed by atoms with Gasteiger partial charge in [-0.25, -0.2) is 0 Å². The minimum Gasteiger partial charge on any atom is -0.486 e. The van der Waals surface area contributed by atoms with Crippen LogP contribution in [0.25, 0.3) is 0 Å². The third kappa shape index (κ3) is 5.87. The van der Waals surface area contributed by atoms with E-state index in [1.165, 1.54) is 31.0 Å². The number of hydrogen-bond acceptors (Lipinski definition) is 5. The molecule has 1 aromatic heterocycles. The van der Waals surface area contributed by atoms with Gasteiger partial charge in [-0.05, 0) is 37.1 Å². The smallest absolute Gasteiger partial charge is 0.233 e. The first-order valence-corrected chi connectivity index (χ1v) is 10.7. The van der Waals surface area contributed by atoms with Crippen LogP contribution in [-0.2, 0) is 18.4 Å². The molecule has 1 amide bonds. The first kappa shape index (κ1) is 20.0. The summed E-state index contributed by atoms with van der Waals surface area (Å²) in [5.74, 6) is 2.02. The average molecular weight is 409 g/mol. The van der Waals surface area contributed by atoms with Gasteiger partial charge in [-0.1, -0.05) is 42.6 Å². The fraction of sp³-hybridized carbons (Fsp3) is 0.526. The quantitative estimate of drug-likeness (QED) is 0.677. The number of benzene rings is 1. The van der Waals surface area contributed by atoms with E-state index in [9.17, 15) is 4.79 Å². The van der Waals surface area contributed by atoms with Gasteiger partial charge in [-0.3, -0.25) is 4.79 Å². The first-order valence-electron chi connectivity index (χ1n) is 9.30. The van der Waals surface area contributed by atoms with Gasteiger partial charge in [-0.15, -0.1) is 10.2 Å². The van der Waals surface area contributed by atoms with Gasteiger partial charge in [0.05, 0.1) is 5.75 Å². The highest BCUT2D eigenvalue weighted by Crippen LogP contribution is 2.20. The standard InChI is InChI=1S/C19H25ClN4O2S/c1-23-17(13-26-16-9-7-15(20)8-10-16)21-22-19(23)27-14-18(25)24-11-5-3-2-4-6-12-24/h7-10H,2-6,11-14H2,1H3. The Labute approximate surface area is 169 Å². The number of hydrogen-bond donors (Lipinski definition) is 0. The molecule has 3 rings (SSSR count). The van der Waals surface area contributed by atoms with Crippen molar-refractivity contribution in [2.24, 2.45) is 7.05 Å². The number of halogens is 1. The second-order valence-electron chi connectivity index (χ2n) is 6.64. The van der Waals surface area contributed by atoms with Crippen molar-refractivity contribution in [3.63, 3.8) is 0 Å². The maximum Gasteiger partial charge on any atom is 0.233 e. The summed E-state index contributed by atoms with van der Waals surface area (Å²) in [6.45, 7) is 2.06. The Kier molecular flexibility index (Phi) is 7.41. The number of amides is 1. The van der Waals surface area contributed by atoms with E-state index in [4.69, 9.17) is 16.3 Å². The van der Waals surface area contributed by atoms with E-state index in [1.807, 2.05) is 28.6 Å². The van der Waals surface area contributed by atoms with Crippen LogP contribution in [0.5, 0.6) is 5.75 Å². The molecule has 6 nitrogen and oxygen atoms in total. The average Bonchev–Trinajstić information content (AvgIpc) is 2.99. The molecule has 1 fully saturated rings. The van der Waals surface area contributed by atoms with Crippen LogP contribution in [0.1, 0.15) is 37.9 Å². The Balaban J connectivity index is 1.50. The van der Waals surface area contributed by atoms with Gasteiger partial charge in [0, 0.05) is 25.2 Å². The zero-order valence-corrected chi connectivity index (χ0v) is 17.1. The second-order valence-corrected chi connectivity index (χ2v) is 8.02. The fourth-order valence-corrected chi connectivity index (χ4v) is 3.95. The lowest BCUT2D eigenvalue weighted by atomic mass is 10.1. The predicted molar refractivity (Wildman–Crippen MR) is 107 cm³/mol. The number of carbonyl (C=O) groups is 1. The molecule has 1 aliphatic rings. The summed E-state index contributed by atoms with van der Waals surface area (Å²) < 4.78 is 7.60. The summed E-state index contributed by atoms with van der Waals surface area (Å²) >= 11 is 7.31. The summed E-state index contributed by atoms with van der Waals surface area (Å²) in [5, 5.41) is 9.78. The normalized spacial score (nSPS) is 15.3. The summed E-state index contributed by atoms with van der Waals surface area (Å²) in [6, 6.07) is 7.20. The third-order valence-corrected chi connectivity index (χ3v) is 5.90. The molecule has 2 aromatic rings. The Bertz CT molecular complexity index is 743. The van der Waals surface area contributed by atoms with Crippen LogP contribution in [0.2, 0.25) is 5.02 Å². The molecular weight excluding hydrogens is 384 g/mol. The molecule has 0 spiro atoms. The van der Waals surface area contributed by atoms with E-state index in [0.717, 1.165) is 36.8 Å². The Morgan fingerprint density at radius 1 is 1.11 bits per heavy atom. The van der Waals surface area contributed by atoms with Crippen molar-refractivity contribution in [2.45, 2.75) is 43.9 Å². The monoisotopic (exact) mass is 408 g/mol. The highest BCUT2D eigenvalue weighted by molar-refractivity contribution is 7.99. The SMILES string of the molecule is Cn1c(COc2ccc(Cl)cc2)nnc1SCC(=O)N1CCCCCCC1. The van der Waals surface area contributed by atoms with Crippen molar-refractivity contribution in [1.29, 1.82) is 0 Å². The molecule has 2 heterocycles. The molecule has 1 aromatic carbocycles. The van der Waals surface area contributed by atoms with E-state index >= 15 is 0 Å². The largest absolute Gasteiger partial charge is 0.486 e. The number of aromatic nitrogens is 3. The second kappa shape index (κ2) is 9.99. The van der Waals surface area contributed by atoms with Gasteiger partial charge in [0.15, 0.2) is 11.0 Å². The molecule has 0 radical (unpaired) electrons. The van der Waals surface area contributed by atoms with Gasteiger partial charge in [0.2, 0.25) is 5.91 Å². The Hall–Kier alpha value is -1.73. The van der Waals surface area contributed by atoms with Crippen LogP contribution in [0, 0.1) is 0 Å².